The van der Waals surface area contributed by atoms with Crippen LogP contribution in [-0.2, 0) is 11.8 Å². The Morgan fingerprint density at radius 2 is 2.07 bits per heavy atom. The molecule has 2 amide bonds. The number of anilines is 2. The molecule has 4 aromatic rings. The minimum Gasteiger partial charge on any atom is -0.469 e. The molecule has 0 unspecified atom stereocenters. The predicted octanol–water partition coefficient (Wildman–Crippen LogP) is 3.39. The molecule has 1 aliphatic heterocycles. The van der Waals surface area contributed by atoms with Crippen molar-refractivity contribution in [3.05, 3.63) is 71.8 Å². The van der Waals surface area contributed by atoms with E-state index in [1.165, 1.54) is 4.68 Å². The van der Waals surface area contributed by atoms with Gasteiger partial charge in [-0.15, -0.1) is 0 Å². The summed E-state index contributed by atoms with van der Waals surface area (Å²) in [6, 6.07) is 14.5. The number of benzene rings is 1. The van der Waals surface area contributed by atoms with E-state index in [0.29, 0.717) is 28.7 Å². The number of carbonyl (C=O) groups excluding carboxylic acids is 2. The molecule has 0 fully saturated rings. The lowest BCUT2D eigenvalue weighted by atomic mass is 9.91. The highest BCUT2D eigenvalue weighted by molar-refractivity contribution is 6.04. The summed E-state index contributed by atoms with van der Waals surface area (Å²) in [6.07, 6.45) is 1.74. The molecule has 0 aliphatic carbocycles. The van der Waals surface area contributed by atoms with Crippen LogP contribution in [0, 0.1) is 0 Å². The van der Waals surface area contributed by atoms with Gasteiger partial charge < -0.3 is 19.6 Å². The molecule has 30 heavy (non-hydrogen) atoms. The third-order valence-electron chi connectivity index (χ3n) is 5.00. The molecule has 4 heterocycles. The fourth-order valence-corrected chi connectivity index (χ4v) is 3.61. The first-order valence-electron chi connectivity index (χ1n) is 9.34. The van der Waals surface area contributed by atoms with Crippen molar-refractivity contribution in [3.8, 4) is 11.3 Å². The van der Waals surface area contributed by atoms with Crippen LogP contribution in [0.1, 0.15) is 34.2 Å². The van der Waals surface area contributed by atoms with Gasteiger partial charge in [-0.1, -0.05) is 35.5 Å². The predicted molar refractivity (Wildman–Crippen MR) is 107 cm³/mol. The zero-order chi connectivity index (χ0) is 20.7. The van der Waals surface area contributed by atoms with E-state index >= 15 is 0 Å². The van der Waals surface area contributed by atoms with Gasteiger partial charge in [0.1, 0.15) is 11.6 Å². The maximum absolute atomic E-state index is 12.8. The number of nitrogens with zero attached hydrogens (tertiary/aromatic N) is 3. The average Bonchev–Trinajstić information content (AvgIpc) is 3.50. The molecular formula is C21H17N5O4. The van der Waals surface area contributed by atoms with E-state index in [1.54, 1.807) is 31.5 Å². The summed E-state index contributed by atoms with van der Waals surface area (Å²) in [6.45, 7) is 0. The van der Waals surface area contributed by atoms with E-state index in [2.05, 4.69) is 20.9 Å². The number of hydrogen-bond acceptors (Lipinski definition) is 6. The lowest BCUT2D eigenvalue weighted by Crippen LogP contribution is -2.25. The van der Waals surface area contributed by atoms with E-state index in [9.17, 15) is 9.59 Å². The van der Waals surface area contributed by atoms with Crippen molar-refractivity contribution in [2.75, 3.05) is 10.6 Å². The second-order valence-corrected chi connectivity index (χ2v) is 6.95. The third-order valence-corrected chi connectivity index (χ3v) is 5.00. The normalized spacial score (nSPS) is 15.5. The molecule has 1 aromatic carbocycles. The Labute approximate surface area is 170 Å². The molecule has 1 atom stereocenters. The number of rotatable bonds is 4. The van der Waals surface area contributed by atoms with Gasteiger partial charge in [0.2, 0.25) is 5.91 Å². The summed E-state index contributed by atoms with van der Waals surface area (Å²) in [5, 5.41) is 13.9. The van der Waals surface area contributed by atoms with Gasteiger partial charge in [0, 0.05) is 25.1 Å². The highest BCUT2D eigenvalue weighted by Gasteiger charge is 2.35. The molecule has 0 radical (unpaired) electrons. The van der Waals surface area contributed by atoms with Gasteiger partial charge in [0.15, 0.2) is 17.3 Å². The first-order valence-corrected chi connectivity index (χ1v) is 9.34. The molecule has 150 valence electrons. The Bertz CT molecular complexity index is 1220. The minimum atomic E-state index is -0.461. The highest BCUT2D eigenvalue weighted by atomic mass is 16.5. The lowest BCUT2D eigenvalue weighted by molar-refractivity contribution is -0.116. The zero-order valence-corrected chi connectivity index (χ0v) is 16.0. The second-order valence-electron chi connectivity index (χ2n) is 6.95. The van der Waals surface area contributed by atoms with Crippen LogP contribution >= 0.6 is 0 Å². The van der Waals surface area contributed by atoms with E-state index < -0.39 is 5.91 Å². The second kappa shape index (κ2) is 7.03. The molecule has 0 spiro atoms. The van der Waals surface area contributed by atoms with Crippen LogP contribution in [0.3, 0.4) is 0 Å². The van der Waals surface area contributed by atoms with Crippen molar-refractivity contribution in [1.29, 1.82) is 0 Å². The van der Waals surface area contributed by atoms with E-state index in [4.69, 9.17) is 8.94 Å². The SMILES string of the molecule is Cn1nc(NC(=O)c2cc(-c3ccccc3)on2)c2c1NC(=O)C[C@H]2c1ccco1. The maximum Gasteiger partial charge on any atom is 0.279 e. The summed E-state index contributed by atoms with van der Waals surface area (Å²) >= 11 is 0. The lowest BCUT2D eigenvalue weighted by Gasteiger charge is -2.22. The Hall–Kier alpha value is -4.14. The van der Waals surface area contributed by atoms with Crippen LogP contribution in [0.15, 0.2) is 63.7 Å². The number of furan rings is 1. The summed E-state index contributed by atoms with van der Waals surface area (Å²) in [5.74, 6) is 1.01. The average molecular weight is 403 g/mol. The smallest absolute Gasteiger partial charge is 0.279 e. The summed E-state index contributed by atoms with van der Waals surface area (Å²) in [4.78, 5) is 25.0. The number of fused-ring (bicyclic) bond motifs is 1. The monoisotopic (exact) mass is 403 g/mol. The van der Waals surface area contributed by atoms with Gasteiger partial charge in [-0.2, -0.15) is 5.10 Å². The summed E-state index contributed by atoms with van der Waals surface area (Å²) in [5.41, 5.74) is 1.63. The van der Waals surface area contributed by atoms with Crippen molar-refractivity contribution in [2.24, 2.45) is 7.05 Å². The number of carbonyl (C=O) groups is 2. The van der Waals surface area contributed by atoms with Gasteiger partial charge >= 0.3 is 0 Å². The van der Waals surface area contributed by atoms with Crippen molar-refractivity contribution >= 4 is 23.5 Å². The quantitative estimate of drug-likeness (QED) is 0.540. The van der Waals surface area contributed by atoms with Crippen LogP contribution in [0.2, 0.25) is 0 Å². The summed E-state index contributed by atoms with van der Waals surface area (Å²) < 4.78 is 12.4. The van der Waals surface area contributed by atoms with Gasteiger partial charge in [-0.3, -0.25) is 14.3 Å². The first-order chi connectivity index (χ1) is 14.6. The number of nitrogens with one attached hydrogen (secondary N) is 2. The van der Waals surface area contributed by atoms with Gasteiger partial charge in [0.25, 0.3) is 5.91 Å². The van der Waals surface area contributed by atoms with Crippen molar-refractivity contribution in [3.63, 3.8) is 0 Å². The highest BCUT2D eigenvalue weighted by Crippen LogP contribution is 2.41. The maximum atomic E-state index is 12.8. The van der Waals surface area contributed by atoms with Crippen LogP contribution in [0.4, 0.5) is 11.6 Å². The molecule has 2 N–H and O–H groups in total. The van der Waals surface area contributed by atoms with Gasteiger partial charge in [0.05, 0.1) is 17.7 Å². The van der Waals surface area contributed by atoms with Crippen LogP contribution in [0.5, 0.6) is 0 Å². The van der Waals surface area contributed by atoms with E-state index in [0.717, 1.165) is 5.56 Å². The van der Waals surface area contributed by atoms with Crippen LogP contribution in [-0.4, -0.2) is 26.8 Å². The van der Waals surface area contributed by atoms with Gasteiger partial charge in [-0.25, -0.2) is 0 Å². The fourth-order valence-electron chi connectivity index (χ4n) is 3.61. The molecule has 0 saturated heterocycles. The first kappa shape index (κ1) is 17.9. The Morgan fingerprint density at radius 1 is 1.23 bits per heavy atom. The molecule has 9 nitrogen and oxygen atoms in total. The molecule has 0 bridgehead atoms. The molecule has 1 aliphatic rings. The minimum absolute atomic E-state index is 0.127. The fraction of sp³-hybridized carbons (Fsp3) is 0.143. The van der Waals surface area contributed by atoms with Crippen molar-refractivity contribution < 1.29 is 18.5 Å². The molecule has 5 rings (SSSR count). The molecule has 3 aromatic heterocycles. The standard InChI is InChI=1S/C21H17N5O4/c1-26-20-18(13(10-17(27)22-20)15-8-5-9-29-15)19(24-26)23-21(28)14-11-16(30-25-14)12-6-3-2-4-7-12/h2-9,11,13H,10H2,1H3,(H,22,27)(H,23,24,28)/t13-/m0/s1. The van der Waals surface area contributed by atoms with Crippen molar-refractivity contribution in [2.45, 2.75) is 12.3 Å². The Morgan fingerprint density at radius 3 is 2.83 bits per heavy atom. The number of hydrogen-bond donors (Lipinski definition) is 2. The number of amides is 2. The number of aryl methyl sites for hydroxylation is 1. The molecular weight excluding hydrogens is 386 g/mol. The largest absolute Gasteiger partial charge is 0.469 e. The van der Waals surface area contributed by atoms with Crippen LogP contribution < -0.4 is 10.6 Å². The Kier molecular flexibility index (Phi) is 4.20. The summed E-state index contributed by atoms with van der Waals surface area (Å²) in [7, 11) is 1.70. The van der Waals surface area contributed by atoms with Crippen LogP contribution in [0.25, 0.3) is 11.3 Å². The van der Waals surface area contributed by atoms with Crippen molar-refractivity contribution in [1.82, 2.24) is 14.9 Å². The molecule has 9 heteroatoms. The topological polar surface area (TPSA) is 115 Å². The number of aromatic nitrogens is 3. The zero-order valence-electron chi connectivity index (χ0n) is 16.0. The third kappa shape index (κ3) is 3.06. The van der Waals surface area contributed by atoms with E-state index in [-0.39, 0.29) is 23.9 Å². The molecule has 0 saturated carbocycles. The van der Waals surface area contributed by atoms with E-state index in [1.807, 2.05) is 30.3 Å². The Balaban J connectivity index is 1.46. The van der Waals surface area contributed by atoms with Gasteiger partial charge in [-0.05, 0) is 12.1 Å².